The minimum Gasteiger partial charge on any atom is -0.366 e. The summed E-state index contributed by atoms with van der Waals surface area (Å²) in [5.74, 6) is 0.711. The Bertz CT molecular complexity index is 1280. The molecule has 0 saturated carbocycles. The van der Waals surface area contributed by atoms with Gasteiger partial charge in [0.1, 0.15) is 0 Å². The van der Waals surface area contributed by atoms with Crippen LogP contribution in [0.15, 0.2) is 42.6 Å². The number of aromatic nitrogens is 2. The lowest BCUT2D eigenvalue weighted by Crippen LogP contribution is -2.34. The maximum Gasteiger partial charge on any atom is 0.253 e. The highest BCUT2D eigenvalue weighted by Crippen LogP contribution is 2.29. The third kappa shape index (κ3) is 7.72. The number of piperidine rings is 1. The topological polar surface area (TPSA) is 83.9 Å². The van der Waals surface area contributed by atoms with Gasteiger partial charge in [-0.05, 0) is 94.3 Å². The first kappa shape index (κ1) is 29.8. The van der Waals surface area contributed by atoms with Gasteiger partial charge in [0.25, 0.3) is 5.91 Å². The molecule has 0 spiro atoms. The number of aryl methyl sites for hydroxylation is 1. The Hall–Kier alpha value is -3.19. The quantitative estimate of drug-likeness (QED) is 0.283. The number of primary amides is 1. The van der Waals surface area contributed by atoms with Crippen LogP contribution in [0.1, 0.15) is 92.5 Å². The summed E-state index contributed by atoms with van der Waals surface area (Å²) in [4.78, 5) is 30.3. The van der Waals surface area contributed by atoms with Crippen molar-refractivity contribution in [3.63, 3.8) is 0 Å². The summed E-state index contributed by atoms with van der Waals surface area (Å²) in [5.41, 5.74) is 10.6. The first-order valence-corrected chi connectivity index (χ1v) is 15.2. The van der Waals surface area contributed by atoms with E-state index in [9.17, 15) is 9.59 Å². The smallest absolute Gasteiger partial charge is 0.253 e. The summed E-state index contributed by atoms with van der Waals surface area (Å²) < 4.78 is 1.88. The maximum absolute atomic E-state index is 13.8. The van der Waals surface area contributed by atoms with Crippen LogP contribution < -0.4 is 5.73 Å². The van der Waals surface area contributed by atoms with Crippen molar-refractivity contribution in [1.29, 1.82) is 0 Å². The molecule has 7 heteroatoms. The molecule has 0 aliphatic carbocycles. The molecule has 1 aromatic carbocycles. The van der Waals surface area contributed by atoms with E-state index in [0.717, 1.165) is 67.7 Å². The van der Waals surface area contributed by atoms with E-state index >= 15 is 0 Å². The second kappa shape index (κ2) is 13.9. The zero-order valence-corrected chi connectivity index (χ0v) is 24.9. The van der Waals surface area contributed by atoms with Gasteiger partial charge in [-0.1, -0.05) is 46.2 Å². The number of likely N-dealkylation sites (tertiary alicyclic amines) is 1. The minimum atomic E-state index is -0.451. The van der Waals surface area contributed by atoms with Crippen molar-refractivity contribution >= 4 is 17.3 Å². The fourth-order valence-electron chi connectivity index (χ4n) is 5.51. The molecule has 0 bridgehead atoms. The summed E-state index contributed by atoms with van der Waals surface area (Å²) in [6.07, 6.45) is 9.61. The lowest BCUT2D eigenvalue weighted by molar-refractivity contribution is 0.0740. The van der Waals surface area contributed by atoms with Crippen LogP contribution in [-0.2, 0) is 6.42 Å². The molecule has 1 aliphatic heterocycles. The van der Waals surface area contributed by atoms with E-state index in [2.05, 4.69) is 32.6 Å². The Morgan fingerprint density at radius 2 is 1.65 bits per heavy atom. The number of benzene rings is 1. The number of carbonyl (C=O) groups is 2. The number of pyridine rings is 1. The predicted molar refractivity (Wildman–Crippen MR) is 163 cm³/mol. The Balaban J connectivity index is 1.68. The molecule has 216 valence electrons. The molecule has 1 fully saturated rings. The van der Waals surface area contributed by atoms with Gasteiger partial charge in [0.15, 0.2) is 0 Å². The van der Waals surface area contributed by atoms with Crippen molar-refractivity contribution in [2.24, 2.45) is 17.6 Å². The number of amides is 2. The Kier molecular flexibility index (Phi) is 10.4. The second-order valence-electron chi connectivity index (χ2n) is 12.2. The SMILES string of the molecule is CC(C)CCN(CCC(C)C)C(=O)c1ccn2nc(-c3cccc(C(N)=O)c3)c(CCCN3CCCCC3)c2c1. The molecule has 0 radical (unpaired) electrons. The third-order valence-corrected chi connectivity index (χ3v) is 7.99. The maximum atomic E-state index is 13.8. The van der Waals surface area contributed by atoms with Crippen molar-refractivity contribution < 1.29 is 9.59 Å². The zero-order valence-electron chi connectivity index (χ0n) is 24.9. The molecule has 2 aromatic heterocycles. The van der Waals surface area contributed by atoms with Gasteiger partial charge in [-0.25, -0.2) is 4.52 Å². The number of hydrogen-bond acceptors (Lipinski definition) is 4. The molecule has 2 N–H and O–H groups in total. The van der Waals surface area contributed by atoms with Crippen molar-refractivity contribution in [3.8, 4) is 11.3 Å². The van der Waals surface area contributed by atoms with Crippen LogP contribution in [0.4, 0.5) is 0 Å². The van der Waals surface area contributed by atoms with Gasteiger partial charge in [0.2, 0.25) is 5.91 Å². The average Bonchev–Trinajstić information content (AvgIpc) is 3.31. The normalized spacial score (nSPS) is 14.3. The van der Waals surface area contributed by atoms with Gasteiger partial charge in [0.05, 0.1) is 11.2 Å². The number of carbonyl (C=O) groups excluding carboxylic acids is 2. The van der Waals surface area contributed by atoms with E-state index in [4.69, 9.17) is 10.8 Å². The van der Waals surface area contributed by atoms with E-state index in [0.29, 0.717) is 23.0 Å². The lowest BCUT2D eigenvalue weighted by atomic mass is 9.99. The van der Waals surface area contributed by atoms with Crippen LogP contribution in [0.3, 0.4) is 0 Å². The van der Waals surface area contributed by atoms with E-state index in [-0.39, 0.29) is 5.91 Å². The Labute approximate surface area is 239 Å². The third-order valence-electron chi connectivity index (χ3n) is 7.99. The van der Waals surface area contributed by atoms with Gasteiger partial charge in [-0.3, -0.25) is 9.59 Å². The highest BCUT2D eigenvalue weighted by molar-refractivity contribution is 5.96. The molecule has 0 atom stereocenters. The number of nitrogens with two attached hydrogens (primary N) is 1. The predicted octanol–water partition coefficient (Wildman–Crippen LogP) is 6.05. The monoisotopic (exact) mass is 545 g/mol. The van der Waals surface area contributed by atoms with Crippen molar-refractivity contribution in [1.82, 2.24) is 19.4 Å². The van der Waals surface area contributed by atoms with Crippen molar-refractivity contribution in [2.75, 3.05) is 32.7 Å². The summed E-state index contributed by atoms with van der Waals surface area (Å²) in [6, 6.07) is 11.3. The van der Waals surface area contributed by atoms with Gasteiger partial charge in [0, 0.05) is 41.5 Å². The fourth-order valence-corrected chi connectivity index (χ4v) is 5.51. The van der Waals surface area contributed by atoms with Gasteiger partial charge >= 0.3 is 0 Å². The van der Waals surface area contributed by atoms with E-state index in [1.54, 1.807) is 6.07 Å². The van der Waals surface area contributed by atoms with Gasteiger partial charge in [-0.2, -0.15) is 5.10 Å². The van der Waals surface area contributed by atoms with Gasteiger partial charge in [-0.15, -0.1) is 0 Å². The summed E-state index contributed by atoms with van der Waals surface area (Å²) in [5, 5.41) is 4.94. The number of nitrogens with zero attached hydrogens (tertiary/aromatic N) is 4. The minimum absolute atomic E-state index is 0.0848. The molecule has 7 nitrogen and oxygen atoms in total. The first-order chi connectivity index (χ1) is 19.2. The average molecular weight is 546 g/mol. The van der Waals surface area contributed by atoms with Crippen LogP contribution in [-0.4, -0.2) is 64.0 Å². The molecule has 4 rings (SSSR count). The number of fused-ring (bicyclic) bond motifs is 1. The van der Waals surface area contributed by atoms with Crippen molar-refractivity contribution in [3.05, 3.63) is 59.3 Å². The Morgan fingerprint density at radius 3 is 2.30 bits per heavy atom. The van der Waals surface area contributed by atoms with Crippen LogP contribution in [0.2, 0.25) is 0 Å². The summed E-state index contributed by atoms with van der Waals surface area (Å²) in [7, 11) is 0. The summed E-state index contributed by atoms with van der Waals surface area (Å²) in [6.45, 7) is 13.7. The van der Waals surface area contributed by atoms with Crippen LogP contribution in [0.5, 0.6) is 0 Å². The molecular weight excluding hydrogens is 498 g/mol. The van der Waals surface area contributed by atoms with E-state index in [1.165, 1.54) is 32.4 Å². The van der Waals surface area contributed by atoms with E-state index in [1.807, 2.05) is 45.9 Å². The molecular formula is C33H47N5O2. The van der Waals surface area contributed by atoms with Gasteiger partial charge < -0.3 is 15.5 Å². The fraction of sp³-hybridized carbons (Fsp3) is 0.545. The molecule has 40 heavy (non-hydrogen) atoms. The Morgan fingerprint density at radius 1 is 0.950 bits per heavy atom. The highest BCUT2D eigenvalue weighted by Gasteiger charge is 2.21. The van der Waals surface area contributed by atoms with Crippen LogP contribution in [0.25, 0.3) is 16.8 Å². The van der Waals surface area contributed by atoms with Crippen molar-refractivity contribution in [2.45, 2.75) is 72.6 Å². The highest BCUT2D eigenvalue weighted by atomic mass is 16.2. The number of hydrogen-bond donors (Lipinski definition) is 1. The molecule has 1 saturated heterocycles. The lowest BCUT2D eigenvalue weighted by Gasteiger charge is -2.26. The van der Waals surface area contributed by atoms with Crippen LogP contribution >= 0.6 is 0 Å². The molecule has 3 aromatic rings. The van der Waals surface area contributed by atoms with E-state index < -0.39 is 5.91 Å². The molecule has 2 amide bonds. The molecule has 1 aliphatic rings. The number of rotatable bonds is 13. The largest absolute Gasteiger partial charge is 0.366 e. The molecule has 3 heterocycles. The first-order valence-electron chi connectivity index (χ1n) is 15.2. The zero-order chi connectivity index (χ0) is 28.6. The summed E-state index contributed by atoms with van der Waals surface area (Å²) >= 11 is 0. The molecule has 0 unspecified atom stereocenters. The standard InChI is InChI=1S/C33H47N5O2/c1-24(2)13-19-37(20-14-25(3)4)33(40)28-15-21-38-30(23-28)29(12-9-18-36-16-6-5-7-17-36)31(35-38)26-10-8-11-27(22-26)32(34)39/h8,10-11,15,21-25H,5-7,9,12-14,16-20H2,1-4H3,(H2,34,39). The van der Waals surface area contributed by atoms with Crippen LogP contribution in [0, 0.1) is 11.8 Å². The second-order valence-corrected chi connectivity index (χ2v) is 12.2.